The fourth-order valence-corrected chi connectivity index (χ4v) is 3.22. The first-order chi connectivity index (χ1) is 14.8. The van der Waals surface area contributed by atoms with Crippen LogP contribution in [-0.2, 0) is 9.47 Å². The van der Waals surface area contributed by atoms with Crippen LogP contribution in [0.2, 0.25) is 0 Å². The van der Waals surface area contributed by atoms with E-state index in [4.69, 9.17) is 9.47 Å². The molecule has 1 aliphatic rings. The molecule has 0 aromatic carbocycles. The van der Waals surface area contributed by atoms with E-state index in [0.29, 0.717) is 0 Å². The van der Waals surface area contributed by atoms with Gasteiger partial charge in [-0.15, -0.1) is 0 Å². The molecule has 1 saturated heterocycles. The highest BCUT2D eigenvalue weighted by molar-refractivity contribution is 5.72. The minimum atomic E-state index is -1.23. The second kappa shape index (κ2) is 9.24. The van der Waals surface area contributed by atoms with E-state index in [1.807, 2.05) is 0 Å². The largest absolute Gasteiger partial charge is 0.445 e. The van der Waals surface area contributed by atoms with Crippen molar-refractivity contribution in [2.24, 2.45) is 4.99 Å². The highest BCUT2D eigenvalue weighted by Gasteiger charge is 2.48. The Morgan fingerprint density at radius 3 is 2.87 bits per heavy atom. The van der Waals surface area contributed by atoms with Gasteiger partial charge in [-0.3, -0.25) is 14.3 Å². The third-order valence-corrected chi connectivity index (χ3v) is 4.68. The topological polar surface area (TPSA) is 158 Å². The normalized spacial score (nSPS) is 23.4. The summed E-state index contributed by atoms with van der Waals surface area (Å²) in [6.45, 7) is 2.99. The van der Waals surface area contributed by atoms with Gasteiger partial charge in [-0.2, -0.15) is 4.98 Å². The Morgan fingerprint density at radius 2 is 2.23 bits per heavy atom. The minimum absolute atomic E-state index is 0.0148. The van der Waals surface area contributed by atoms with Crippen molar-refractivity contribution < 1.29 is 24.5 Å². The number of imidazole rings is 1. The van der Waals surface area contributed by atoms with Crippen LogP contribution in [0.5, 0.6) is 0 Å². The van der Waals surface area contributed by atoms with Gasteiger partial charge in [0.1, 0.15) is 24.9 Å². The molecule has 13 heteroatoms. The van der Waals surface area contributed by atoms with Gasteiger partial charge in [0.15, 0.2) is 17.4 Å². The molecule has 4 atom stereocenters. The molecule has 13 nitrogen and oxygen atoms in total. The third-order valence-electron chi connectivity index (χ3n) is 4.68. The lowest BCUT2D eigenvalue weighted by atomic mass is 10.1. The van der Waals surface area contributed by atoms with Crippen LogP contribution in [0.15, 0.2) is 28.8 Å². The van der Waals surface area contributed by atoms with Crippen LogP contribution in [0.1, 0.15) is 6.23 Å². The third kappa shape index (κ3) is 4.42. The number of aliphatic hydroxyl groups excluding tert-OH is 2. The van der Waals surface area contributed by atoms with Gasteiger partial charge >= 0.3 is 6.09 Å². The number of aromatic amines is 1. The first-order valence-corrected chi connectivity index (χ1v) is 9.40. The number of carbonyl (C=O) groups excluding carboxylic acids is 1. The minimum Gasteiger partial charge on any atom is -0.445 e. The van der Waals surface area contributed by atoms with Crippen molar-refractivity contribution in [2.75, 3.05) is 34.4 Å². The molecule has 3 rings (SSSR count). The zero-order valence-electron chi connectivity index (χ0n) is 17.4. The van der Waals surface area contributed by atoms with Crippen LogP contribution in [0.3, 0.4) is 0 Å². The Bertz CT molecular complexity index is 1030. The number of nitrogens with one attached hydrogen (secondary N) is 1. The number of aromatic nitrogens is 4. The fraction of sp³-hybridized carbons (Fsp3) is 0.500. The molecule has 2 aromatic heterocycles. The Labute approximate surface area is 177 Å². The summed E-state index contributed by atoms with van der Waals surface area (Å²) in [5.74, 6) is 0.0421. The number of carbonyl (C=O) groups is 1. The van der Waals surface area contributed by atoms with Crippen LogP contribution in [-0.4, -0.2) is 105 Å². The zero-order valence-corrected chi connectivity index (χ0v) is 17.4. The molecule has 168 valence electrons. The first kappa shape index (κ1) is 22.4. The Kier molecular flexibility index (Phi) is 6.68. The van der Waals surface area contributed by atoms with Crippen molar-refractivity contribution in [1.29, 1.82) is 0 Å². The second-order valence-electron chi connectivity index (χ2n) is 7.13. The predicted octanol–water partition coefficient (Wildman–Crippen LogP) is -0.785. The van der Waals surface area contributed by atoms with Gasteiger partial charge in [0, 0.05) is 21.1 Å². The van der Waals surface area contributed by atoms with Gasteiger partial charge < -0.3 is 29.5 Å². The maximum absolute atomic E-state index is 12.4. The maximum atomic E-state index is 12.4. The number of amides is 1. The van der Waals surface area contributed by atoms with Gasteiger partial charge in [-0.1, -0.05) is 12.7 Å². The lowest BCUT2D eigenvalue weighted by Crippen LogP contribution is -2.48. The monoisotopic (exact) mass is 435 g/mol. The summed E-state index contributed by atoms with van der Waals surface area (Å²) in [5.41, 5.74) is -0.338. The number of nitrogens with zero attached hydrogens (tertiary/aromatic N) is 6. The average Bonchev–Trinajstić information content (AvgIpc) is 3.30. The Hall–Kier alpha value is -3.29. The number of hydrogen-bond donors (Lipinski definition) is 3. The molecule has 0 aliphatic carbocycles. The summed E-state index contributed by atoms with van der Waals surface area (Å²) < 4.78 is 12.3. The quantitative estimate of drug-likeness (QED) is 0.288. The predicted molar refractivity (Wildman–Crippen MR) is 110 cm³/mol. The van der Waals surface area contributed by atoms with Gasteiger partial charge in [-0.05, 0) is 0 Å². The lowest BCUT2D eigenvalue weighted by molar-refractivity contribution is -0.0460. The number of rotatable bonds is 7. The number of aliphatic hydroxyl groups is 2. The highest BCUT2D eigenvalue weighted by Crippen LogP contribution is 2.34. The number of ether oxygens (including phenoxy) is 2. The van der Waals surface area contributed by atoms with E-state index in [2.05, 4.69) is 26.5 Å². The van der Waals surface area contributed by atoms with Gasteiger partial charge in [0.05, 0.1) is 19.3 Å². The van der Waals surface area contributed by atoms with Crippen LogP contribution >= 0.6 is 0 Å². The number of fused-ring (bicyclic) bond motifs is 1. The molecule has 0 bridgehead atoms. The van der Waals surface area contributed by atoms with E-state index in [1.165, 1.54) is 35.3 Å². The second-order valence-corrected chi connectivity index (χ2v) is 7.13. The molecular weight excluding hydrogens is 410 g/mol. The summed E-state index contributed by atoms with van der Waals surface area (Å²) in [6.07, 6.45) is 0.267. The SMILES string of the molecule is C=CCOC(=O)N(C)[C@@H]1[C@H](O)[C@@H](CO)O[C@H]1n1cnc2c(=O)[nH]c(/N=C/N(C)C)nc21. The van der Waals surface area contributed by atoms with Crippen molar-refractivity contribution >= 4 is 29.5 Å². The maximum Gasteiger partial charge on any atom is 0.410 e. The molecule has 0 saturated carbocycles. The number of H-pyrrole nitrogens is 1. The van der Waals surface area contributed by atoms with E-state index in [9.17, 15) is 19.8 Å². The van der Waals surface area contributed by atoms with Gasteiger partial charge in [0.25, 0.3) is 5.56 Å². The van der Waals surface area contributed by atoms with Crippen molar-refractivity contribution in [3.05, 3.63) is 29.3 Å². The zero-order chi connectivity index (χ0) is 22.7. The average molecular weight is 435 g/mol. The molecule has 1 amide bonds. The number of hydrogen-bond acceptors (Lipinski definition) is 9. The van der Waals surface area contributed by atoms with E-state index in [1.54, 1.807) is 19.0 Å². The standard InChI is InChI=1S/C18H25N7O6/c1-5-6-30-18(29)24(4)12-13(27)10(7-26)31-16(12)25-9-19-11-14(25)21-17(22-15(11)28)20-8-23(2)3/h5,8-10,12-13,16,26-27H,1,6-7H2,2-4H3,(H,21,22,28)/b20-8+/t10-,12-,13-,16-/m1/s1. The molecule has 2 aromatic rings. The van der Waals surface area contributed by atoms with Crippen molar-refractivity contribution in [1.82, 2.24) is 29.3 Å². The molecule has 3 N–H and O–H groups in total. The van der Waals surface area contributed by atoms with E-state index in [0.717, 1.165) is 0 Å². The summed E-state index contributed by atoms with van der Waals surface area (Å²) in [6, 6.07) is -0.957. The van der Waals surface area contributed by atoms with Crippen molar-refractivity contribution in [3.8, 4) is 0 Å². The fourth-order valence-electron chi connectivity index (χ4n) is 3.22. The molecular formula is C18H25N7O6. The number of aliphatic imine (C=N–C) groups is 1. The van der Waals surface area contributed by atoms with Crippen LogP contribution in [0, 0.1) is 0 Å². The van der Waals surface area contributed by atoms with Crippen molar-refractivity contribution in [2.45, 2.75) is 24.5 Å². The van der Waals surface area contributed by atoms with E-state index < -0.39 is 42.7 Å². The molecule has 1 aliphatic heterocycles. The molecule has 0 unspecified atom stereocenters. The molecule has 31 heavy (non-hydrogen) atoms. The number of likely N-dealkylation sites (N-methyl/N-ethyl adjacent to an activating group) is 1. The molecule has 0 spiro atoms. The van der Waals surface area contributed by atoms with Gasteiger partial charge in [-0.25, -0.2) is 14.8 Å². The molecule has 0 radical (unpaired) electrons. The summed E-state index contributed by atoms with van der Waals surface area (Å²) in [4.78, 5) is 42.7. The Balaban J connectivity index is 2.04. The summed E-state index contributed by atoms with van der Waals surface area (Å²) >= 11 is 0. The lowest BCUT2D eigenvalue weighted by Gasteiger charge is -2.30. The Morgan fingerprint density at radius 1 is 1.48 bits per heavy atom. The van der Waals surface area contributed by atoms with E-state index >= 15 is 0 Å². The van der Waals surface area contributed by atoms with Crippen LogP contribution in [0.4, 0.5) is 10.7 Å². The first-order valence-electron chi connectivity index (χ1n) is 9.40. The smallest absolute Gasteiger partial charge is 0.410 e. The molecule has 3 heterocycles. The van der Waals surface area contributed by atoms with E-state index in [-0.39, 0.29) is 23.7 Å². The summed E-state index contributed by atoms with van der Waals surface area (Å²) in [7, 11) is 4.96. The molecule has 1 fully saturated rings. The summed E-state index contributed by atoms with van der Waals surface area (Å²) in [5, 5.41) is 20.3. The highest BCUT2D eigenvalue weighted by atomic mass is 16.6. The van der Waals surface area contributed by atoms with Crippen molar-refractivity contribution in [3.63, 3.8) is 0 Å². The van der Waals surface area contributed by atoms with Crippen LogP contribution < -0.4 is 5.56 Å². The van der Waals surface area contributed by atoms with Gasteiger partial charge in [0.2, 0.25) is 5.95 Å². The van der Waals surface area contributed by atoms with Crippen LogP contribution in [0.25, 0.3) is 11.2 Å².